The zero-order valence-electron chi connectivity index (χ0n) is 11.1. The summed E-state index contributed by atoms with van der Waals surface area (Å²) in [5, 5.41) is 0. The van der Waals surface area contributed by atoms with Crippen molar-refractivity contribution in [3.8, 4) is 5.75 Å². The molecule has 0 spiro atoms. The van der Waals surface area contributed by atoms with Crippen molar-refractivity contribution in [1.29, 1.82) is 0 Å². The van der Waals surface area contributed by atoms with Crippen molar-refractivity contribution < 1.29 is 77.8 Å². The van der Waals surface area contributed by atoms with Gasteiger partial charge in [0.15, 0.2) is 0 Å². The zero-order valence-corrected chi connectivity index (χ0v) is 14.2. The van der Waals surface area contributed by atoms with Gasteiger partial charge in [-0.15, -0.1) is 0 Å². The zero-order chi connectivity index (χ0) is 14.8. The van der Waals surface area contributed by atoms with Crippen LogP contribution in [0.1, 0.15) is 5.56 Å². The van der Waals surface area contributed by atoms with Crippen LogP contribution in [0.25, 0.3) is 0 Å². The minimum absolute atomic E-state index is 0. The molecule has 0 bridgehead atoms. The first kappa shape index (κ1) is 18.6. The second-order valence-corrected chi connectivity index (χ2v) is 4.17. The molecule has 0 unspecified atom stereocenters. The van der Waals surface area contributed by atoms with Gasteiger partial charge in [0.2, 0.25) is 0 Å². The molecule has 2 aromatic rings. The summed E-state index contributed by atoms with van der Waals surface area (Å²) in [7, 11) is 0. The summed E-state index contributed by atoms with van der Waals surface area (Å²) in [6.45, 7) is -5.53. The van der Waals surface area contributed by atoms with Crippen LogP contribution in [-0.2, 0) is 6.61 Å². The minimum Gasteiger partial charge on any atom is -0.492 e. The van der Waals surface area contributed by atoms with Crippen LogP contribution in [0.3, 0.4) is 0 Å². The Morgan fingerprint density at radius 3 is 2.00 bits per heavy atom. The monoisotopic (exact) mass is 326 g/mol. The third-order valence-corrected chi connectivity index (χ3v) is 2.63. The molecule has 0 saturated heterocycles. The molecule has 21 heavy (non-hydrogen) atoms. The molecule has 0 N–H and O–H groups in total. The van der Waals surface area contributed by atoms with Crippen molar-refractivity contribution in [2.45, 2.75) is 6.61 Å². The molecule has 8 heteroatoms. The maximum atomic E-state index is 12.9. The third kappa shape index (κ3) is 5.37. The molecule has 0 aromatic heterocycles. The van der Waals surface area contributed by atoms with Crippen LogP contribution >= 0.6 is 0 Å². The van der Waals surface area contributed by atoms with Gasteiger partial charge in [-0.25, -0.2) is 8.78 Å². The molecule has 0 amide bonds. The summed E-state index contributed by atoms with van der Waals surface area (Å²) < 4.78 is 69.0. The number of halogens is 5. The van der Waals surface area contributed by atoms with Crippen LogP contribution < -0.4 is 61.6 Å². The largest absolute Gasteiger partial charge is 1.00 e. The Bertz CT molecular complexity index is 601. The van der Waals surface area contributed by atoms with E-state index in [0.29, 0.717) is 11.6 Å². The summed E-state index contributed by atoms with van der Waals surface area (Å²) in [6, 6.07) is 7.39. The van der Waals surface area contributed by atoms with Crippen LogP contribution in [0, 0.1) is 11.6 Å². The second-order valence-electron chi connectivity index (χ2n) is 4.17. The Kier molecular flexibility index (Phi) is 6.86. The molecule has 106 valence electrons. The summed E-state index contributed by atoms with van der Waals surface area (Å²) >= 11 is 0. The van der Waals surface area contributed by atoms with E-state index in [1.807, 2.05) is 0 Å². The van der Waals surface area contributed by atoms with Gasteiger partial charge < -0.3 is 17.7 Å². The van der Waals surface area contributed by atoms with Crippen LogP contribution in [0.5, 0.6) is 5.75 Å². The van der Waals surface area contributed by atoms with Gasteiger partial charge >= 0.3 is 58.4 Å². The van der Waals surface area contributed by atoms with E-state index in [0.717, 1.165) is 12.1 Å². The quantitative estimate of drug-likeness (QED) is 0.591. The molecule has 0 aliphatic heterocycles. The fraction of sp³-hybridized carbons (Fsp3) is 0.0769. The Hall–Kier alpha value is -0.409. The van der Waals surface area contributed by atoms with Crippen molar-refractivity contribution in [3.63, 3.8) is 0 Å². The number of rotatable bonds is 4. The van der Waals surface area contributed by atoms with E-state index >= 15 is 0 Å². The van der Waals surface area contributed by atoms with Crippen molar-refractivity contribution in [3.05, 3.63) is 59.7 Å². The number of hydrogen-bond acceptors (Lipinski definition) is 1. The van der Waals surface area contributed by atoms with Gasteiger partial charge in [0.25, 0.3) is 0 Å². The van der Waals surface area contributed by atoms with Crippen LogP contribution in [-0.4, -0.2) is 6.98 Å². The van der Waals surface area contributed by atoms with Crippen molar-refractivity contribution in [2.75, 3.05) is 0 Å². The van der Waals surface area contributed by atoms with Crippen molar-refractivity contribution in [2.24, 2.45) is 0 Å². The Morgan fingerprint density at radius 2 is 1.43 bits per heavy atom. The minimum atomic E-state index is -5.37. The fourth-order valence-corrected chi connectivity index (χ4v) is 1.65. The maximum absolute atomic E-state index is 12.9. The first-order valence-electron chi connectivity index (χ1n) is 5.73. The van der Waals surface area contributed by atoms with Gasteiger partial charge in [-0.1, -0.05) is 17.6 Å². The number of ether oxygens (including phenoxy) is 1. The van der Waals surface area contributed by atoms with E-state index in [1.165, 1.54) is 24.3 Å². The van der Waals surface area contributed by atoms with E-state index in [4.69, 9.17) is 4.74 Å². The maximum Gasteiger partial charge on any atom is 1.00 e. The van der Waals surface area contributed by atoms with Gasteiger partial charge in [0.1, 0.15) is 18.2 Å². The van der Waals surface area contributed by atoms with Gasteiger partial charge in [-0.3, -0.25) is 0 Å². The fourth-order valence-electron chi connectivity index (χ4n) is 1.65. The Labute approximate surface area is 161 Å². The second kappa shape index (κ2) is 7.73. The van der Waals surface area contributed by atoms with E-state index in [-0.39, 0.29) is 58.0 Å². The van der Waals surface area contributed by atoms with Crippen LogP contribution in [0.2, 0.25) is 0 Å². The molecule has 0 heterocycles. The molecule has 2 aromatic carbocycles. The predicted octanol–water partition coefficient (Wildman–Crippen LogP) is 0.602. The Balaban J connectivity index is 0.00000220. The first-order chi connectivity index (χ1) is 9.36. The van der Waals surface area contributed by atoms with Gasteiger partial charge in [-0.05, 0) is 35.9 Å². The normalized spacial score (nSPS) is 10.9. The van der Waals surface area contributed by atoms with Gasteiger partial charge in [0, 0.05) is 0 Å². The van der Waals surface area contributed by atoms with E-state index in [9.17, 15) is 21.7 Å². The van der Waals surface area contributed by atoms with Crippen LogP contribution in [0.15, 0.2) is 42.5 Å². The SMILES string of the molecule is Fc1ccc(COc2ccc(F)cc2[B-](F)(F)F)cc1.[K+]. The molecule has 0 aliphatic carbocycles. The summed E-state index contributed by atoms with van der Waals surface area (Å²) in [5.74, 6) is -1.87. The first-order valence-corrected chi connectivity index (χ1v) is 5.73. The van der Waals surface area contributed by atoms with Crippen molar-refractivity contribution >= 4 is 12.4 Å². The van der Waals surface area contributed by atoms with Gasteiger partial charge in [0.05, 0.1) is 5.75 Å². The third-order valence-electron chi connectivity index (χ3n) is 2.63. The Morgan fingerprint density at radius 1 is 0.857 bits per heavy atom. The van der Waals surface area contributed by atoms with Gasteiger partial charge in [-0.2, -0.15) is 0 Å². The van der Waals surface area contributed by atoms with E-state index < -0.39 is 29.8 Å². The molecule has 0 radical (unpaired) electrons. The average Bonchev–Trinajstić information content (AvgIpc) is 2.38. The molecular weight excluding hydrogens is 317 g/mol. The number of hydrogen-bond donors (Lipinski definition) is 0. The van der Waals surface area contributed by atoms with Crippen molar-refractivity contribution in [1.82, 2.24) is 0 Å². The molecular formula is C13H9BF5KO. The standard InChI is InChI=1S/C13H9BF5O.K/c15-10-3-1-9(2-4-10)8-20-13-6-5-11(16)7-12(13)14(17,18)19;/h1-7H,8H2;/q-1;+1. The number of benzene rings is 2. The average molecular weight is 326 g/mol. The molecule has 0 aliphatic rings. The molecule has 0 saturated carbocycles. The molecule has 2 rings (SSSR count). The van der Waals surface area contributed by atoms with Crippen LogP contribution in [0.4, 0.5) is 21.7 Å². The summed E-state index contributed by atoms with van der Waals surface area (Å²) in [6.07, 6.45) is 0. The van der Waals surface area contributed by atoms with E-state index in [2.05, 4.69) is 0 Å². The summed E-state index contributed by atoms with van der Waals surface area (Å²) in [4.78, 5) is 0. The molecule has 0 atom stereocenters. The molecule has 1 nitrogen and oxygen atoms in total. The smallest absolute Gasteiger partial charge is 0.492 e. The molecule has 0 fully saturated rings. The summed E-state index contributed by atoms with van der Waals surface area (Å²) in [5.41, 5.74) is -0.608. The topological polar surface area (TPSA) is 9.23 Å². The predicted molar refractivity (Wildman–Crippen MR) is 65.8 cm³/mol. The van der Waals surface area contributed by atoms with E-state index in [1.54, 1.807) is 0 Å².